The number of ether oxygens (including phenoxy) is 2. The molecule has 1 heterocycles. The normalized spacial score (nSPS) is 18.7. The third-order valence-corrected chi connectivity index (χ3v) is 4.75. The van der Waals surface area contributed by atoms with E-state index in [0.717, 1.165) is 10.6 Å². The van der Waals surface area contributed by atoms with Crippen LogP contribution >= 0.6 is 11.6 Å². The number of carbonyl (C=O) groups is 2. The van der Waals surface area contributed by atoms with Gasteiger partial charge in [0.25, 0.3) is 0 Å². The van der Waals surface area contributed by atoms with Gasteiger partial charge in [-0.2, -0.15) is 0 Å². The van der Waals surface area contributed by atoms with Crippen LogP contribution in [0.25, 0.3) is 0 Å². The summed E-state index contributed by atoms with van der Waals surface area (Å²) in [5.74, 6) is -0.541. The number of carbonyl (C=O) groups excluding carboxylic acids is 2. The van der Waals surface area contributed by atoms with E-state index in [-0.39, 0.29) is 19.6 Å². The molecule has 1 aliphatic heterocycles. The molecule has 2 atom stereocenters. The predicted molar refractivity (Wildman–Crippen MR) is 116 cm³/mol. The zero-order chi connectivity index (χ0) is 23.2. The maximum atomic E-state index is 12.4. The lowest BCUT2D eigenvalue weighted by Gasteiger charge is -2.41. The van der Waals surface area contributed by atoms with E-state index in [2.05, 4.69) is 4.99 Å². The standard InChI is InChI=1S/C20H30ClN5O5/c1-20(2,3)31-19(28)24-9-10-26(16(12-24)17(27)30-4)18(22)23-13-25(29)11-14-5-7-15(21)8-6-14/h5-8,13,16,18,29H,9-12,22H2,1-4H3. The van der Waals surface area contributed by atoms with Gasteiger partial charge in [-0.3, -0.25) is 20.6 Å². The van der Waals surface area contributed by atoms with Crippen LogP contribution in [0.3, 0.4) is 0 Å². The molecule has 11 heteroatoms. The quantitative estimate of drug-likeness (QED) is 0.289. The second kappa shape index (κ2) is 10.8. The Hall–Kier alpha value is -2.40. The van der Waals surface area contributed by atoms with Gasteiger partial charge in [0, 0.05) is 18.1 Å². The predicted octanol–water partition coefficient (Wildman–Crippen LogP) is 1.90. The lowest BCUT2D eigenvalue weighted by Crippen LogP contribution is -2.62. The van der Waals surface area contributed by atoms with E-state index in [0.29, 0.717) is 11.6 Å². The summed E-state index contributed by atoms with van der Waals surface area (Å²) in [5.41, 5.74) is 6.32. The van der Waals surface area contributed by atoms with Crippen molar-refractivity contribution in [1.29, 1.82) is 0 Å². The smallest absolute Gasteiger partial charge is 0.410 e. The van der Waals surface area contributed by atoms with E-state index in [1.54, 1.807) is 49.9 Å². The second-order valence-electron chi connectivity index (χ2n) is 8.11. The molecular weight excluding hydrogens is 426 g/mol. The fraction of sp³-hybridized carbons (Fsp3) is 0.550. The van der Waals surface area contributed by atoms with Crippen LogP contribution in [0.1, 0.15) is 26.3 Å². The lowest BCUT2D eigenvalue weighted by atomic mass is 10.1. The monoisotopic (exact) mass is 455 g/mol. The van der Waals surface area contributed by atoms with Crippen molar-refractivity contribution in [3.8, 4) is 0 Å². The number of hydrogen-bond acceptors (Lipinski definition) is 8. The van der Waals surface area contributed by atoms with E-state index in [4.69, 9.17) is 26.8 Å². The number of halogens is 1. The van der Waals surface area contributed by atoms with Crippen molar-refractivity contribution in [2.75, 3.05) is 26.7 Å². The van der Waals surface area contributed by atoms with E-state index >= 15 is 0 Å². The number of hydrogen-bond donors (Lipinski definition) is 2. The average Bonchev–Trinajstić information content (AvgIpc) is 2.71. The summed E-state index contributed by atoms with van der Waals surface area (Å²) in [7, 11) is 1.27. The van der Waals surface area contributed by atoms with Crippen LogP contribution in [0.15, 0.2) is 29.3 Å². The van der Waals surface area contributed by atoms with Gasteiger partial charge in [0.2, 0.25) is 0 Å². The SMILES string of the molecule is COC(=O)C1CN(C(=O)OC(C)(C)C)CCN1C(N)N=CN(O)Cc1ccc(Cl)cc1. The third-order valence-electron chi connectivity index (χ3n) is 4.50. The topological polar surface area (TPSA) is 121 Å². The molecule has 0 aliphatic carbocycles. The molecule has 0 spiro atoms. The molecule has 1 aliphatic rings. The molecule has 3 N–H and O–H groups in total. The number of esters is 1. The first kappa shape index (κ1) is 24.9. The highest BCUT2D eigenvalue weighted by atomic mass is 35.5. The van der Waals surface area contributed by atoms with Gasteiger partial charge >= 0.3 is 12.1 Å². The number of amides is 1. The number of benzene rings is 1. The largest absolute Gasteiger partial charge is 0.468 e. The lowest BCUT2D eigenvalue weighted by molar-refractivity contribution is -0.150. The Labute approximate surface area is 187 Å². The number of aliphatic imine (C=N–C) groups is 1. The highest BCUT2D eigenvalue weighted by Gasteiger charge is 2.38. The minimum atomic E-state index is -0.926. The molecule has 2 rings (SSSR count). The molecule has 10 nitrogen and oxygen atoms in total. The van der Waals surface area contributed by atoms with Gasteiger partial charge in [0.15, 0.2) is 6.29 Å². The van der Waals surface area contributed by atoms with Gasteiger partial charge in [-0.15, -0.1) is 0 Å². The van der Waals surface area contributed by atoms with Crippen molar-refractivity contribution in [2.45, 2.75) is 45.2 Å². The number of rotatable bonds is 6. The van der Waals surface area contributed by atoms with Crippen molar-refractivity contribution >= 4 is 30.0 Å². The summed E-state index contributed by atoms with van der Waals surface area (Å²) in [6, 6.07) is 6.18. The molecule has 1 aromatic carbocycles. The number of nitrogens with zero attached hydrogens (tertiary/aromatic N) is 4. The molecule has 0 bridgehead atoms. The summed E-state index contributed by atoms with van der Waals surface area (Å²) in [6.45, 7) is 6.13. The van der Waals surface area contributed by atoms with Crippen LogP contribution in [0.4, 0.5) is 4.79 Å². The Balaban J connectivity index is 2.02. The molecule has 1 amide bonds. The van der Waals surface area contributed by atoms with Crippen molar-refractivity contribution in [3.63, 3.8) is 0 Å². The molecular formula is C20H30ClN5O5. The first-order valence-electron chi connectivity index (χ1n) is 9.80. The van der Waals surface area contributed by atoms with Crippen molar-refractivity contribution in [3.05, 3.63) is 34.9 Å². The van der Waals surface area contributed by atoms with Gasteiger partial charge in [-0.05, 0) is 38.5 Å². The van der Waals surface area contributed by atoms with E-state index in [9.17, 15) is 14.8 Å². The third kappa shape index (κ3) is 7.66. The maximum absolute atomic E-state index is 12.4. The molecule has 0 radical (unpaired) electrons. The number of hydroxylamine groups is 2. The molecule has 1 fully saturated rings. The highest BCUT2D eigenvalue weighted by molar-refractivity contribution is 6.30. The van der Waals surface area contributed by atoms with E-state index in [1.165, 1.54) is 18.3 Å². The zero-order valence-electron chi connectivity index (χ0n) is 18.2. The van der Waals surface area contributed by atoms with Gasteiger partial charge in [0.05, 0.1) is 20.2 Å². The Bertz CT molecular complexity index is 783. The van der Waals surface area contributed by atoms with Crippen molar-refractivity contribution < 1.29 is 24.3 Å². The molecule has 2 unspecified atom stereocenters. The second-order valence-corrected chi connectivity index (χ2v) is 8.54. The molecule has 0 aromatic heterocycles. The summed E-state index contributed by atoms with van der Waals surface area (Å²) < 4.78 is 10.3. The van der Waals surface area contributed by atoms with Crippen LogP contribution in [0.5, 0.6) is 0 Å². The zero-order valence-corrected chi connectivity index (χ0v) is 19.0. The molecule has 172 valence electrons. The first-order valence-corrected chi connectivity index (χ1v) is 10.2. The number of methoxy groups -OCH3 is 1. The van der Waals surface area contributed by atoms with Gasteiger partial charge in [-0.25, -0.2) is 14.9 Å². The fourth-order valence-corrected chi connectivity index (χ4v) is 3.13. The summed E-state index contributed by atoms with van der Waals surface area (Å²) in [4.78, 5) is 31.9. The summed E-state index contributed by atoms with van der Waals surface area (Å²) in [5, 5.41) is 11.6. The average molecular weight is 456 g/mol. The van der Waals surface area contributed by atoms with Crippen molar-refractivity contribution in [2.24, 2.45) is 10.7 Å². The van der Waals surface area contributed by atoms with Gasteiger partial charge < -0.3 is 14.4 Å². The van der Waals surface area contributed by atoms with E-state index < -0.39 is 30.0 Å². The molecule has 0 saturated carbocycles. The molecule has 1 saturated heterocycles. The van der Waals surface area contributed by atoms with Crippen LogP contribution < -0.4 is 5.73 Å². The molecule has 31 heavy (non-hydrogen) atoms. The maximum Gasteiger partial charge on any atom is 0.410 e. The Morgan fingerprint density at radius 1 is 1.35 bits per heavy atom. The Morgan fingerprint density at radius 3 is 2.58 bits per heavy atom. The highest BCUT2D eigenvalue weighted by Crippen LogP contribution is 2.17. The first-order chi connectivity index (χ1) is 14.5. The van der Waals surface area contributed by atoms with Crippen molar-refractivity contribution in [1.82, 2.24) is 14.9 Å². The summed E-state index contributed by atoms with van der Waals surface area (Å²) >= 11 is 5.85. The summed E-state index contributed by atoms with van der Waals surface area (Å²) in [6.07, 6.45) is -0.249. The van der Waals surface area contributed by atoms with Gasteiger partial charge in [-0.1, -0.05) is 23.7 Å². The minimum absolute atomic E-state index is 0.0540. The fourth-order valence-electron chi connectivity index (χ4n) is 3.00. The minimum Gasteiger partial charge on any atom is -0.468 e. The van der Waals surface area contributed by atoms with Crippen LogP contribution in [-0.4, -0.2) is 83.1 Å². The van der Waals surface area contributed by atoms with Crippen LogP contribution in [-0.2, 0) is 20.8 Å². The van der Waals surface area contributed by atoms with Crippen LogP contribution in [0, 0.1) is 0 Å². The number of nitrogens with two attached hydrogens (primary N) is 1. The van der Waals surface area contributed by atoms with Gasteiger partial charge in [0.1, 0.15) is 18.0 Å². The molecule has 1 aromatic rings. The van der Waals surface area contributed by atoms with Crippen LogP contribution in [0.2, 0.25) is 5.02 Å². The Kier molecular flexibility index (Phi) is 8.63. The Morgan fingerprint density at radius 2 is 2.00 bits per heavy atom. The van der Waals surface area contributed by atoms with E-state index in [1.807, 2.05) is 0 Å². The number of piperazine rings is 1.